The summed E-state index contributed by atoms with van der Waals surface area (Å²) in [5.74, 6) is 1.95. The van der Waals surface area contributed by atoms with Crippen LogP contribution < -0.4 is 4.90 Å². The predicted molar refractivity (Wildman–Crippen MR) is 78.3 cm³/mol. The monoisotopic (exact) mass is 327 g/mol. The number of thioether (sulfide) groups is 1. The fourth-order valence-electron chi connectivity index (χ4n) is 2.08. The van der Waals surface area contributed by atoms with Crippen LogP contribution in [0.3, 0.4) is 0 Å². The van der Waals surface area contributed by atoms with Crippen molar-refractivity contribution in [2.45, 2.75) is 0 Å². The SMILES string of the molecule is Brc1cnc(N2CCN(C3=NCCS3)CC2)nc1. The maximum absolute atomic E-state index is 4.52. The lowest BCUT2D eigenvalue weighted by molar-refractivity contribution is 0.389. The highest BCUT2D eigenvalue weighted by Crippen LogP contribution is 2.19. The molecule has 0 aromatic carbocycles. The molecule has 5 nitrogen and oxygen atoms in total. The zero-order valence-corrected chi connectivity index (χ0v) is 12.3. The van der Waals surface area contributed by atoms with Crippen LogP contribution >= 0.6 is 27.7 Å². The van der Waals surface area contributed by atoms with E-state index in [-0.39, 0.29) is 0 Å². The Morgan fingerprint density at radius 2 is 1.72 bits per heavy atom. The summed E-state index contributed by atoms with van der Waals surface area (Å²) in [6, 6.07) is 0. The zero-order chi connectivity index (χ0) is 12.4. The second-order valence-corrected chi connectivity index (χ2v) is 6.17. The van der Waals surface area contributed by atoms with Crippen molar-refractivity contribution in [1.29, 1.82) is 0 Å². The Balaban J connectivity index is 1.61. The Kier molecular flexibility index (Phi) is 3.69. The molecule has 0 aliphatic carbocycles. The van der Waals surface area contributed by atoms with Crippen LogP contribution in [0.25, 0.3) is 0 Å². The van der Waals surface area contributed by atoms with Crippen LogP contribution in [0.15, 0.2) is 21.9 Å². The van der Waals surface area contributed by atoms with E-state index in [2.05, 4.69) is 40.7 Å². The molecule has 2 aliphatic heterocycles. The first-order valence-electron chi connectivity index (χ1n) is 5.97. The van der Waals surface area contributed by atoms with Gasteiger partial charge in [0.25, 0.3) is 0 Å². The van der Waals surface area contributed by atoms with Gasteiger partial charge in [-0.1, -0.05) is 11.8 Å². The Bertz CT molecular complexity index is 441. The van der Waals surface area contributed by atoms with Gasteiger partial charge in [0.05, 0.1) is 11.0 Å². The number of anilines is 1. The Morgan fingerprint density at radius 1 is 1.06 bits per heavy atom. The highest BCUT2D eigenvalue weighted by atomic mass is 79.9. The molecule has 2 aliphatic rings. The van der Waals surface area contributed by atoms with Gasteiger partial charge in [-0.2, -0.15) is 0 Å². The third-order valence-corrected chi connectivity index (χ3v) is 4.45. The van der Waals surface area contributed by atoms with Crippen molar-refractivity contribution < 1.29 is 0 Å². The standard InChI is InChI=1S/C11H14BrN5S/c12-9-7-14-10(15-8-9)16-2-4-17(5-3-16)11-13-1-6-18-11/h7-8H,1-6H2. The second-order valence-electron chi connectivity index (χ2n) is 4.19. The molecular formula is C11H14BrN5S. The van der Waals surface area contributed by atoms with Crippen molar-refractivity contribution in [2.24, 2.45) is 4.99 Å². The molecule has 0 spiro atoms. The van der Waals surface area contributed by atoms with Gasteiger partial charge in [0.15, 0.2) is 5.17 Å². The van der Waals surface area contributed by atoms with Gasteiger partial charge < -0.3 is 9.80 Å². The van der Waals surface area contributed by atoms with E-state index in [1.54, 1.807) is 12.4 Å². The highest BCUT2D eigenvalue weighted by Gasteiger charge is 2.22. The molecule has 0 radical (unpaired) electrons. The molecule has 0 atom stereocenters. The lowest BCUT2D eigenvalue weighted by Crippen LogP contribution is -2.48. The van der Waals surface area contributed by atoms with Gasteiger partial charge in [0.1, 0.15) is 0 Å². The van der Waals surface area contributed by atoms with Gasteiger partial charge >= 0.3 is 0 Å². The van der Waals surface area contributed by atoms with Crippen LogP contribution in [0.4, 0.5) is 5.95 Å². The lowest BCUT2D eigenvalue weighted by atomic mass is 10.3. The van der Waals surface area contributed by atoms with Gasteiger partial charge in [0.2, 0.25) is 5.95 Å². The molecule has 1 aromatic heterocycles. The maximum Gasteiger partial charge on any atom is 0.225 e. The molecule has 1 aromatic rings. The molecule has 0 amide bonds. The molecule has 7 heteroatoms. The number of piperazine rings is 1. The molecule has 0 N–H and O–H groups in total. The fraction of sp³-hybridized carbons (Fsp3) is 0.545. The van der Waals surface area contributed by atoms with Crippen LogP contribution in [-0.2, 0) is 0 Å². The number of amidine groups is 1. The molecule has 96 valence electrons. The molecule has 0 saturated carbocycles. The van der Waals surface area contributed by atoms with Gasteiger partial charge in [-0.05, 0) is 15.9 Å². The molecule has 3 rings (SSSR count). The third kappa shape index (κ3) is 2.61. The Hall–Kier alpha value is -0.820. The first-order valence-corrected chi connectivity index (χ1v) is 7.75. The molecule has 0 unspecified atom stereocenters. The summed E-state index contributed by atoms with van der Waals surface area (Å²) >= 11 is 5.22. The van der Waals surface area contributed by atoms with Crippen molar-refractivity contribution in [3.05, 3.63) is 16.9 Å². The zero-order valence-electron chi connectivity index (χ0n) is 9.92. The summed E-state index contributed by atoms with van der Waals surface area (Å²) in [5.41, 5.74) is 0. The van der Waals surface area contributed by atoms with Crippen LogP contribution in [0.1, 0.15) is 0 Å². The molecule has 1 fully saturated rings. The van der Waals surface area contributed by atoms with Crippen LogP contribution in [-0.4, -0.2) is 58.5 Å². The summed E-state index contributed by atoms with van der Waals surface area (Å²) in [6.45, 7) is 4.90. The number of hydrogen-bond donors (Lipinski definition) is 0. The highest BCUT2D eigenvalue weighted by molar-refractivity contribution is 9.10. The van der Waals surface area contributed by atoms with Crippen LogP contribution in [0, 0.1) is 0 Å². The number of aromatic nitrogens is 2. The van der Waals surface area contributed by atoms with Crippen LogP contribution in [0.2, 0.25) is 0 Å². The number of nitrogens with zero attached hydrogens (tertiary/aromatic N) is 5. The minimum absolute atomic E-state index is 0.818. The lowest BCUT2D eigenvalue weighted by Gasteiger charge is -2.35. The van der Waals surface area contributed by atoms with Crippen molar-refractivity contribution >= 4 is 38.8 Å². The van der Waals surface area contributed by atoms with Gasteiger partial charge in [-0.15, -0.1) is 0 Å². The van der Waals surface area contributed by atoms with E-state index in [1.165, 1.54) is 5.17 Å². The quantitative estimate of drug-likeness (QED) is 0.781. The van der Waals surface area contributed by atoms with Crippen molar-refractivity contribution in [1.82, 2.24) is 14.9 Å². The number of halogens is 1. The van der Waals surface area contributed by atoms with Crippen molar-refractivity contribution in [2.75, 3.05) is 43.4 Å². The molecule has 1 saturated heterocycles. The van der Waals surface area contributed by atoms with E-state index >= 15 is 0 Å². The van der Waals surface area contributed by atoms with E-state index in [0.29, 0.717) is 0 Å². The summed E-state index contributed by atoms with van der Waals surface area (Å²) in [5, 5.41) is 1.21. The largest absolute Gasteiger partial charge is 0.348 e. The van der Waals surface area contributed by atoms with E-state index in [0.717, 1.165) is 48.9 Å². The number of hydrogen-bond acceptors (Lipinski definition) is 6. The molecular weight excluding hydrogens is 314 g/mol. The summed E-state index contributed by atoms with van der Waals surface area (Å²) in [4.78, 5) is 17.8. The van der Waals surface area contributed by atoms with E-state index < -0.39 is 0 Å². The smallest absolute Gasteiger partial charge is 0.225 e. The summed E-state index contributed by atoms with van der Waals surface area (Å²) in [7, 11) is 0. The summed E-state index contributed by atoms with van der Waals surface area (Å²) in [6.07, 6.45) is 3.59. The average Bonchev–Trinajstić information content (AvgIpc) is 2.94. The fourth-order valence-corrected chi connectivity index (χ4v) is 3.20. The first-order chi connectivity index (χ1) is 8.83. The van der Waals surface area contributed by atoms with Crippen LogP contribution in [0.5, 0.6) is 0 Å². The second kappa shape index (κ2) is 5.44. The van der Waals surface area contributed by atoms with E-state index in [9.17, 15) is 0 Å². The van der Waals surface area contributed by atoms with Gasteiger partial charge in [-0.3, -0.25) is 4.99 Å². The van der Waals surface area contributed by atoms with Gasteiger partial charge in [-0.25, -0.2) is 9.97 Å². The Labute approximate surface area is 119 Å². The summed E-state index contributed by atoms with van der Waals surface area (Å²) < 4.78 is 0.918. The van der Waals surface area contributed by atoms with Crippen molar-refractivity contribution in [3.63, 3.8) is 0 Å². The number of rotatable bonds is 1. The van der Waals surface area contributed by atoms with E-state index in [1.807, 2.05) is 11.8 Å². The molecule has 3 heterocycles. The first kappa shape index (κ1) is 12.2. The minimum atomic E-state index is 0.818. The van der Waals surface area contributed by atoms with E-state index in [4.69, 9.17) is 0 Å². The Morgan fingerprint density at radius 3 is 2.33 bits per heavy atom. The van der Waals surface area contributed by atoms with Crippen molar-refractivity contribution in [3.8, 4) is 0 Å². The molecule has 0 bridgehead atoms. The van der Waals surface area contributed by atoms with Gasteiger partial charge in [0, 0.05) is 44.3 Å². The minimum Gasteiger partial charge on any atom is -0.348 e. The topological polar surface area (TPSA) is 44.6 Å². The normalized spacial score (nSPS) is 20.2. The third-order valence-electron chi connectivity index (χ3n) is 3.01. The molecule has 18 heavy (non-hydrogen) atoms. The maximum atomic E-state index is 4.52. The number of aliphatic imine (C=N–C) groups is 1. The predicted octanol–water partition coefficient (Wildman–Crippen LogP) is 1.46. The average molecular weight is 328 g/mol.